The molecule has 3 aromatic rings. The van der Waals surface area contributed by atoms with Crippen LogP contribution >= 0.6 is 21.6 Å². The molecule has 332 valence electrons. The highest BCUT2D eigenvalue weighted by Gasteiger charge is 2.20. The molecule has 2 aliphatic carbocycles. The predicted molar refractivity (Wildman–Crippen MR) is 256 cm³/mol. The normalized spacial score (nSPS) is 15.2. The molecule has 1 aromatic heterocycles. The van der Waals surface area contributed by atoms with Gasteiger partial charge in [-0.2, -0.15) is 4.57 Å². The average molecular weight is 884 g/mol. The number of pyridine rings is 1. The van der Waals surface area contributed by atoms with Gasteiger partial charge in [0.1, 0.15) is 6.54 Å². The van der Waals surface area contributed by atoms with E-state index in [-0.39, 0.29) is 51.3 Å². The molecule has 0 bridgehead atoms. The van der Waals surface area contributed by atoms with Crippen LogP contribution in [0.5, 0.6) is 0 Å². The van der Waals surface area contributed by atoms with E-state index in [0.29, 0.717) is 39.3 Å². The van der Waals surface area contributed by atoms with Crippen LogP contribution in [0.1, 0.15) is 54.4 Å². The molecule has 2 aliphatic rings. The van der Waals surface area contributed by atoms with Gasteiger partial charge in [-0.25, -0.2) is 0 Å². The Hall–Kier alpha value is -4.70. The Balaban J connectivity index is 0.976. The van der Waals surface area contributed by atoms with Gasteiger partial charge in [-0.15, -0.1) is 0 Å². The summed E-state index contributed by atoms with van der Waals surface area (Å²) in [4.78, 5) is 33.6. The zero-order valence-corrected chi connectivity index (χ0v) is 37.4. The van der Waals surface area contributed by atoms with Crippen LogP contribution in [0.15, 0.2) is 101 Å². The molecule has 0 spiro atoms. The van der Waals surface area contributed by atoms with Crippen molar-refractivity contribution in [2.75, 3.05) is 93.5 Å². The Bertz CT molecular complexity index is 2020. The number of amides is 2. The van der Waals surface area contributed by atoms with Gasteiger partial charge in [-0.05, 0) is 102 Å². The second-order valence-electron chi connectivity index (χ2n) is 15.1. The smallest absolute Gasteiger partial charge is 0.286 e. The van der Waals surface area contributed by atoms with Gasteiger partial charge in [0.15, 0.2) is 12.4 Å². The highest BCUT2D eigenvalue weighted by Crippen LogP contribution is 2.33. The average Bonchev–Trinajstić information content (AvgIpc) is 3.28. The maximum absolute atomic E-state index is 12.8. The first-order chi connectivity index (χ1) is 30.3. The fourth-order valence-corrected chi connectivity index (χ4v) is 9.55. The number of hydrogen-bond donors (Lipinski definition) is 6. The minimum absolute atomic E-state index is 0.0219. The lowest BCUT2D eigenvalue weighted by Crippen LogP contribution is -2.43. The number of rotatable bonds is 25. The van der Waals surface area contributed by atoms with E-state index < -0.39 is 0 Å². The SMILES string of the molecule is C=CC1=C(C=NCC(=O)NCCSSCCNC(=O)C[n+]2ccc3c(c2)CCC/C3=C\c2ccc(N(CCO)CCO)cc2)CCC/C1=C\c1ccc(N(CCO)CCO)cc1. The van der Waals surface area contributed by atoms with E-state index in [9.17, 15) is 30.0 Å². The second-order valence-corrected chi connectivity index (χ2v) is 17.8. The van der Waals surface area contributed by atoms with E-state index in [1.54, 1.807) is 21.6 Å². The third-order valence-corrected chi connectivity index (χ3v) is 13.1. The summed E-state index contributed by atoms with van der Waals surface area (Å²) in [5.41, 5.74) is 11.1. The van der Waals surface area contributed by atoms with Crippen LogP contribution in [0.4, 0.5) is 11.4 Å². The summed E-state index contributed by atoms with van der Waals surface area (Å²) in [5, 5.41) is 43.4. The quantitative estimate of drug-likeness (QED) is 0.0300. The van der Waals surface area contributed by atoms with Crippen molar-refractivity contribution in [3.63, 3.8) is 0 Å². The number of fused-ring (bicyclic) bond motifs is 1. The van der Waals surface area contributed by atoms with Crippen LogP contribution in [-0.2, 0) is 22.6 Å². The maximum atomic E-state index is 12.8. The molecular weight excluding hydrogens is 821 g/mol. The van der Waals surface area contributed by atoms with Gasteiger partial charge in [0.2, 0.25) is 12.5 Å². The fraction of sp³-hybridized carbons (Fsp3) is 0.417. The molecule has 12 nitrogen and oxygen atoms in total. The number of anilines is 2. The Kier molecular flexibility index (Phi) is 20.8. The first kappa shape index (κ1) is 48.3. The highest BCUT2D eigenvalue weighted by atomic mass is 33.1. The van der Waals surface area contributed by atoms with E-state index in [4.69, 9.17) is 0 Å². The molecule has 6 N–H and O–H groups in total. The number of carbonyl (C=O) groups excluding carboxylic acids is 2. The standard InChI is InChI=1S/C48H62N6O6S2/c1-2-45-39(31-37-9-13-43(14-10-37)53(21-25-55)22-26-56)5-3-7-41(45)33-49-34-47(59)50-18-29-61-62-30-19-51-48(60)36-52-20-17-46-40(6-4-8-42(46)35-52)32-38-11-15-44(16-12-38)54(23-27-57)24-28-58/h2,9-17,20,31-33,35,55-58H,1,3-8,18-19,21-30,34,36H2,(H-,50,51,59,60)/p+1/b39-31+,49-33?. The lowest BCUT2D eigenvalue weighted by Gasteiger charge is -2.23. The third kappa shape index (κ3) is 15.3. The number of benzene rings is 2. The minimum atomic E-state index is -0.123. The topological polar surface area (TPSA) is 162 Å². The van der Waals surface area contributed by atoms with Crippen molar-refractivity contribution in [2.24, 2.45) is 4.99 Å². The number of aryl methyl sites for hydroxylation is 1. The predicted octanol–water partition coefficient (Wildman–Crippen LogP) is 4.87. The first-order valence-corrected chi connectivity index (χ1v) is 24.0. The van der Waals surface area contributed by atoms with Crippen molar-refractivity contribution in [1.29, 1.82) is 0 Å². The van der Waals surface area contributed by atoms with Crippen LogP contribution in [0.25, 0.3) is 17.7 Å². The first-order valence-electron chi connectivity index (χ1n) is 21.6. The summed E-state index contributed by atoms with van der Waals surface area (Å²) in [6.07, 6.45) is 17.9. The van der Waals surface area contributed by atoms with Gasteiger partial charge >= 0.3 is 0 Å². The molecule has 14 heteroatoms. The number of aliphatic imine (C=N–C) groups is 1. The number of carbonyl (C=O) groups is 2. The van der Waals surface area contributed by atoms with E-state index in [0.717, 1.165) is 83.7 Å². The molecule has 0 saturated carbocycles. The molecule has 1 heterocycles. The van der Waals surface area contributed by atoms with E-state index in [1.807, 2.05) is 69.3 Å². The molecule has 0 atom stereocenters. The summed E-state index contributed by atoms with van der Waals surface area (Å²) in [7, 11) is 3.33. The molecule has 0 fully saturated rings. The Labute approximate surface area is 374 Å². The summed E-state index contributed by atoms with van der Waals surface area (Å²) < 4.78 is 1.95. The van der Waals surface area contributed by atoms with Crippen LogP contribution in [0.3, 0.4) is 0 Å². The van der Waals surface area contributed by atoms with Gasteiger partial charge in [0, 0.05) is 80.0 Å². The second kappa shape index (κ2) is 26.7. The Morgan fingerprint density at radius 2 is 1.24 bits per heavy atom. The molecule has 62 heavy (non-hydrogen) atoms. The Morgan fingerprint density at radius 3 is 1.81 bits per heavy atom. The molecule has 0 radical (unpaired) electrons. The number of aliphatic hydroxyl groups is 4. The van der Waals surface area contributed by atoms with Gasteiger partial charge in [0.25, 0.3) is 5.91 Å². The summed E-state index contributed by atoms with van der Waals surface area (Å²) in [6, 6.07) is 18.4. The van der Waals surface area contributed by atoms with Crippen molar-refractivity contribution in [1.82, 2.24) is 10.6 Å². The van der Waals surface area contributed by atoms with Gasteiger partial charge in [0.05, 0.1) is 26.4 Å². The van der Waals surface area contributed by atoms with Crippen LogP contribution in [0.2, 0.25) is 0 Å². The molecule has 2 amide bonds. The fourth-order valence-electron chi connectivity index (χ4n) is 7.73. The minimum Gasteiger partial charge on any atom is -0.395 e. The monoisotopic (exact) mass is 883 g/mol. The van der Waals surface area contributed by atoms with Crippen molar-refractivity contribution in [3.8, 4) is 0 Å². The van der Waals surface area contributed by atoms with Gasteiger partial charge < -0.3 is 40.9 Å². The van der Waals surface area contributed by atoms with Crippen LogP contribution in [-0.4, -0.2) is 122 Å². The van der Waals surface area contributed by atoms with Crippen molar-refractivity contribution in [3.05, 3.63) is 119 Å². The molecule has 0 aliphatic heterocycles. The maximum Gasteiger partial charge on any atom is 0.286 e. The van der Waals surface area contributed by atoms with E-state index in [1.165, 1.54) is 22.3 Å². The van der Waals surface area contributed by atoms with Crippen LogP contribution in [0, 0.1) is 0 Å². The van der Waals surface area contributed by atoms with Crippen molar-refractivity contribution >= 4 is 68.7 Å². The lowest BCUT2D eigenvalue weighted by molar-refractivity contribution is -0.684. The van der Waals surface area contributed by atoms with E-state index >= 15 is 0 Å². The zero-order chi connectivity index (χ0) is 43.9. The van der Waals surface area contributed by atoms with Gasteiger partial charge in [-0.1, -0.05) is 70.7 Å². The summed E-state index contributed by atoms with van der Waals surface area (Å²) in [6.45, 7) is 7.47. The summed E-state index contributed by atoms with van der Waals surface area (Å²) >= 11 is 0. The van der Waals surface area contributed by atoms with Crippen molar-refractivity contribution in [2.45, 2.75) is 45.1 Å². The number of aliphatic hydroxyl groups excluding tert-OH is 4. The molecule has 5 rings (SSSR count). The van der Waals surface area contributed by atoms with Crippen LogP contribution < -0.4 is 25.0 Å². The molecular formula is C48H63N6O6S2+. The number of hydrogen-bond acceptors (Lipinski definition) is 11. The van der Waals surface area contributed by atoms with Crippen molar-refractivity contribution < 1.29 is 34.6 Å². The van der Waals surface area contributed by atoms with E-state index in [2.05, 4.69) is 58.8 Å². The molecule has 2 aromatic carbocycles. The number of nitrogens with one attached hydrogen (secondary N) is 2. The lowest BCUT2D eigenvalue weighted by atomic mass is 9.86. The largest absolute Gasteiger partial charge is 0.395 e. The molecule has 0 unspecified atom stereocenters. The number of aromatic nitrogens is 1. The number of nitrogens with zero attached hydrogens (tertiary/aromatic N) is 4. The van der Waals surface area contributed by atoms with Gasteiger partial charge in [-0.3, -0.25) is 14.6 Å². The molecule has 0 saturated heterocycles. The highest BCUT2D eigenvalue weighted by molar-refractivity contribution is 8.76. The third-order valence-electron chi connectivity index (χ3n) is 10.7. The zero-order valence-electron chi connectivity index (χ0n) is 35.7. The Morgan fingerprint density at radius 1 is 0.710 bits per heavy atom. The number of allylic oxidation sites excluding steroid dienone is 5. The summed E-state index contributed by atoms with van der Waals surface area (Å²) in [5.74, 6) is 1.36.